The predicted molar refractivity (Wildman–Crippen MR) is 64.5 cm³/mol. The SMILES string of the molecule is CNc1ncnc(N2CCNC(=O)C2)c1Br. The Bertz CT molecular complexity index is 411. The summed E-state index contributed by atoms with van der Waals surface area (Å²) in [5.41, 5.74) is 0. The lowest BCUT2D eigenvalue weighted by molar-refractivity contribution is -0.120. The lowest BCUT2D eigenvalue weighted by Crippen LogP contribution is -2.48. The monoisotopic (exact) mass is 285 g/mol. The van der Waals surface area contributed by atoms with Crippen LogP contribution in [0, 0.1) is 0 Å². The van der Waals surface area contributed by atoms with E-state index in [1.54, 1.807) is 7.05 Å². The van der Waals surface area contributed by atoms with Gasteiger partial charge in [0, 0.05) is 20.1 Å². The highest BCUT2D eigenvalue weighted by Crippen LogP contribution is 2.29. The first-order valence-electron chi connectivity index (χ1n) is 4.92. The summed E-state index contributed by atoms with van der Waals surface area (Å²) in [6.07, 6.45) is 1.48. The molecule has 0 radical (unpaired) electrons. The van der Waals surface area contributed by atoms with Crippen LogP contribution in [0.5, 0.6) is 0 Å². The van der Waals surface area contributed by atoms with E-state index in [1.165, 1.54) is 6.33 Å². The van der Waals surface area contributed by atoms with Crippen molar-refractivity contribution < 1.29 is 4.79 Å². The fourth-order valence-corrected chi connectivity index (χ4v) is 2.23. The van der Waals surface area contributed by atoms with Crippen LogP contribution in [0.1, 0.15) is 0 Å². The number of carbonyl (C=O) groups is 1. The van der Waals surface area contributed by atoms with Crippen LogP contribution in [0.25, 0.3) is 0 Å². The van der Waals surface area contributed by atoms with Gasteiger partial charge in [0.25, 0.3) is 0 Å². The molecule has 1 aromatic rings. The maximum Gasteiger partial charge on any atom is 0.239 e. The Kier molecular flexibility index (Phi) is 3.23. The van der Waals surface area contributed by atoms with Gasteiger partial charge in [0.1, 0.15) is 22.4 Å². The highest BCUT2D eigenvalue weighted by Gasteiger charge is 2.20. The fourth-order valence-electron chi connectivity index (χ4n) is 1.57. The highest BCUT2D eigenvalue weighted by atomic mass is 79.9. The average Bonchev–Trinajstić information content (AvgIpc) is 2.29. The third-order valence-electron chi connectivity index (χ3n) is 2.35. The molecular weight excluding hydrogens is 274 g/mol. The van der Waals surface area contributed by atoms with Crippen molar-refractivity contribution in [2.75, 3.05) is 36.9 Å². The van der Waals surface area contributed by atoms with Crippen molar-refractivity contribution in [3.63, 3.8) is 0 Å². The molecule has 1 fully saturated rings. The number of rotatable bonds is 2. The van der Waals surface area contributed by atoms with Gasteiger partial charge in [-0.05, 0) is 15.9 Å². The summed E-state index contributed by atoms with van der Waals surface area (Å²) in [6, 6.07) is 0. The van der Waals surface area contributed by atoms with Crippen molar-refractivity contribution in [2.24, 2.45) is 0 Å². The molecule has 0 aliphatic carbocycles. The van der Waals surface area contributed by atoms with Gasteiger partial charge in [-0.25, -0.2) is 9.97 Å². The first-order chi connectivity index (χ1) is 7.72. The van der Waals surface area contributed by atoms with Gasteiger partial charge < -0.3 is 15.5 Å². The van der Waals surface area contributed by atoms with Gasteiger partial charge in [-0.2, -0.15) is 0 Å². The Morgan fingerprint density at radius 1 is 1.56 bits per heavy atom. The molecule has 1 amide bonds. The Morgan fingerprint density at radius 2 is 2.38 bits per heavy atom. The number of nitrogens with zero attached hydrogens (tertiary/aromatic N) is 3. The average molecular weight is 286 g/mol. The predicted octanol–water partition coefficient (Wildman–Crippen LogP) is 0.217. The molecule has 0 saturated carbocycles. The third-order valence-corrected chi connectivity index (χ3v) is 3.08. The number of hydrogen-bond donors (Lipinski definition) is 2. The molecule has 2 N–H and O–H groups in total. The zero-order chi connectivity index (χ0) is 11.5. The van der Waals surface area contributed by atoms with Crippen molar-refractivity contribution in [3.8, 4) is 0 Å². The molecule has 86 valence electrons. The molecule has 0 aromatic carbocycles. The molecule has 2 rings (SSSR count). The van der Waals surface area contributed by atoms with Crippen molar-refractivity contribution in [1.29, 1.82) is 0 Å². The van der Waals surface area contributed by atoms with E-state index in [2.05, 4.69) is 36.5 Å². The zero-order valence-corrected chi connectivity index (χ0v) is 10.4. The number of hydrogen-bond acceptors (Lipinski definition) is 5. The van der Waals surface area contributed by atoms with Gasteiger partial charge in [0.05, 0.1) is 6.54 Å². The number of amides is 1. The maximum absolute atomic E-state index is 11.3. The van der Waals surface area contributed by atoms with Crippen LogP contribution in [0.4, 0.5) is 11.6 Å². The van der Waals surface area contributed by atoms with E-state index in [9.17, 15) is 4.79 Å². The van der Waals surface area contributed by atoms with Gasteiger partial charge in [-0.1, -0.05) is 0 Å². The van der Waals surface area contributed by atoms with E-state index < -0.39 is 0 Å². The summed E-state index contributed by atoms with van der Waals surface area (Å²) < 4.78 is 0.784. The molecule has 0 atom stereocenters. The second-order valence-corrected chi connectivity index (χ2v) is 4.17. The summed E-state index contributed by atoms with van der Waals surface area (Å²) in [7, 11) is 1.79. The lowest BCUT2D eigenvalue weighted by Gasteiger charge is -2.28. The first kappa shape index (κ1) is 11.1. The van der Waals surface area contributed by atoms with Gasteiger partial charge in [0.15, 0.2) is 0 Å². The second-order valence-electron chi connectivity index (χ2n) is 3.38. The van der Waals surface area contributed by atoms with E-state index in [0.717, 1.165) is 22.7 Å². The minimum Gasteiger partial charge on any atom is -0.372 e. The van der Waals surface area contributed by atoms with Crippen LogP contribution in [0.15, 0.2) is 10.8 Å². The van der Waals surface area contributed by atoms with Crippen molar-refractivity contribution in [1.82, 2.24) is 15.3 Å². The molecule has 2 heterocycles. The Balaban J connectivity index is 2.29. The second kappa shape index (κ2) is 4.65. The summed E-state index contributed by atoms with van der Waals surface area (Å²) in [5, 5.41) is 5.74. The van der Waals surface area contributed by atoms with Crippen molar-refractivity contribution in [2.45, 2.75) is 0 Å². The Morgan fingerprint density at radius 3 is 3.06 bits per heavy atom. The summed E-state index contributed by atoms with van der Waals surface area (Å²) in [4.78, 5) is 21.5. The normalized spacial score (nSPS) is 15.9. The number of carbonyl (C=O) groups excluding carboxylic acids is 1. The summed E-state index contributed by atoms with van der Waals surface area (Å²) in [6.45, 7) is 1.73. The van der Waals surface area contributed by atoms with Crippen LogP contribution >= 0.6 is 15.9 Å². The number of anilines is 2. The van der Waals surface area contributed by atoms with Crippen molar-refractivity contribution >= 4 is 33.5 Å². The van der Waals surface area contributed by atoms with Crippen molar-refractivity contribution in [3.05, 3.63) is 10.8 Å². The number of halogens is 1. The molecule has 0 unspecified atom stereocenters. The van der Waals surface area contributed by atoms with Crippen LogP contribution in [0.3, 0.4) is 0 Å². The van der Waals surface area contributed by atoms with E-state index in [-0.39, 0.29) is 5.91 Å². The number of aromatic nitrogens is 2. The van der Waals surface area contributed by atoms with Gasteiger partial charge in [0.2, 0.25) is 5.91 Å². The molecule has 6 nitrogen and oxygen atoms in total. The molecule has 1 aromatic heterocycles. The van der Waals surface area contributed by atoms with E-state index in [4.69, 9.17) is 0 Å². The van der Waals surface area contributed by atoms with E-state index >= 15 is 0 Å². The fraction of sp³-hybridized carbons (Fsp3) is 0.444. The Hall–Kier alpha value is -1.37. The van der Waals surface area contributed by atoms with E-state index in [1.807, 2.05) is 4.90 Å². The quantitative estimate of drug-likeness (QED) is 0.813. The minimum atomic E-state index is 0.0165. The summed E-state index contributed by atoms with van der Waals surface area (Å²) in [5.74, 6) is 1.48. The molecule has 0 spiro atoms. The van der Waals surface area contributed by atoms with Crippen LogP contribution in [-0.4, -0.2) is 42.6 Å². The third kappa shape index (κ3) is 2.08. The molecule has 1 aliphatic rings. The molecule has 7 heteroatoms. The van der Waals surface area contributed by atoms with Gasteiger partial charge >= 0.3 is 0 Å². The van der Waals surface area contributed by atoms with E-state index in [0.29, 0.717) is 13.1 Å². The van der Waals surface area contributed by atoms with Crippen LogP contribution < -0.4 is 15.5 Å². The Labute approximate surface area is 102 Å². The molecular formula is C9H12BrN5O. The first-order valence-corrected chi connectivity index (χ1v) is 5.71. The largest absolute Gasteiger partial charge is 0.372 e. The lowest BCUT2D eigenvalue weighted by atomic mass is 10.3. The van der Waals surface area contributed by atoms with Gasteiger partial charge in [-0.15, -0.1) is 0 Å². The zero-order valence-electron chi connectivity index (χ0n) is 8.83. The number of piperazine rings is 1. The van der Waals surface area contributed by atoms with Gasteiger partial charge in [-0.3, -0.25) is 4.79 Å². The highest BCUT2D eigenvalue weighted by molar-refractivity contribution is 9.10. The standard InChI is InChI=1S/C9H12BrN5O/c1-11-8-7(10)9(14-5-13-8)15-3-2-12-6(16)4-15/h5H,2-4H2,1H3,(H,12,16)(H,11,13,14). The number of nitrogens with one attached hydrogen (secondary N) is 2. The molecule has 1 saturated heterocycles. The molecule has 16 heavy (non-hydrogen) atoms. The molecule has 0 bridgehead atoms. The van der Waals surface area contributed by atoms with Crippen LogP contribution in [0.2, 0.25) is 0 Å². The molecule has 1 aliphatic heterocycles. The van der Waals surface area contributed by atoms with Crippen LogP contribution in [-0.2, 0) is 4.79 Å². The smallest absolute Gasteiger partial charge is 0.239 e. The summed E-state index contributed by atoms with van der Waals surface area (Å²) >= 11 is 3.44. The maximum atomic E-state index is 11.3. The topological polar surface area (TPSA) is 70.2 Å². The minimum absolute atomic E-state index is 0.0165.